The van der Waals surface area contributed by atoms with E-state index >= 15 is 0 Å². The van der Waals surface area contributed by atoms with E-state index < -0.39 is 5.79 Å². The minimum absolute atomic E-state index is 0.435. The van der Waals surface area contributed by atoms with Gasteiger partial charge >= 0.3 is 0 Å². The van der Waals surface area contributed by atoms with Crippen LogP contribution in [0.1, 0.15) is 33.1 Å². The van der Waals surface area contributed by atoms with E-state index in [1.807, 2.05) is 13.8 Å². The van der Waals surface area contributed by atoms with Gasteiger partial charge in [0, 0.05) is 13.0 Å². The van der Waals surface area contributed by atoms with E-state index in [1.165, 1.54) is 0 Å². The molecule has 68 valence electrons. The molecule has 0 heterocycles. The maximum absolute atomic E-state index is 9.67. The Morgan fingerprint density at radius 1 is 1.45 bits per heavy atom. The predicted molar refractivity (Wildman–Crippen MR) is 45.2 cm³/mol. The van der Waals surface area contributed by atoms with E-state index in [0.717, 1.165) is 6.42 Å². The van der Waals surface area contributed by atoms with Crippen molar-refractivity contribution in [3.05, 3.63) is 0 Å². The number of hydrogen-bond acceptors (Lipinski definition) is 3. The largest absolute Gasteiger partial charge is 0.365 e. The molecule has 11 heavy (non-hydrogen) atoms. The summed E-state index contributed by atoms with van der Waals surface area (Å²) in [5.74, 6) is -0.936. The molecule has 0 rings (SSSR count). The minimum atomic E-state index is -0.936. The van der Waals surface area contributed by atoms with Crippen LogP contribution in [0, 0.1) is 0 Å². The lowest BCUT2D eigenvalue weighted by Gasteiger charge is -2.26. The quantitative estimate of drug-likeness (QED) is 0.568. The fourth-order valence-electron chi connectivity index (χ4n) is 0.991. The molecule has 0 aromatic heterocycles. The molecule has 0 aromatic carbocycles. The molecule has 3 N–H and O–H groups in total. The highest BCUT2D eigenvalue weighted by molar-refractivity contribution is 4.63. The minimum Gasteiger partial charge on any atom is -0.365 e. The third kappa shape index (κ3) is 4.35. The normalized spacial score (nSPS) is 16.4. The van der Waals surface area contributed by atoms with Crippen LogP contribution in [-0.4, -0.2) is 24.0 Å². The molecule has 3 heteroatoms. The van der Waals surface area contributed by atoms with Gasteiger partial charge in [-0.2, -0.15) is 0 Å². The Labute approximate surface area is 68.5 Å². The molecule has 0 bridgehead atoms. The summed E-state index contributed by atoms with van der Waals surface area (Å²) in [5, 5.41) is 9.67. The van der Waals surface area contributed by atoms with Gasteiger partial charge in [-0.25, -0.2) is 0 Å². The Morgan fingerprint density at radius 2 is 2.09 bits per heavy atom. The summed E-state index contributed by atoms with van der Waals surface area (Å²) in [6, 6.07) is 0. The van der Waals surface area contributed by atoms with Crippen molar-refractivity contribution >= 4 is 0 Å². The maximum Gasteiger partial charge on any atom is 0.165 e. The zero-order valence-electron chi connectivity index (χ0n) is 7.47. The van der Waals surface area contributed by atoms with Crippen molar-refractivity contribution in [2.75, 3.05) is 13.2 Å². The summed E-state index contributed by atoms with van der Waals surface area (Å²) in [6.07, 6.45) is 2.24. The molecule has 1 atom stereocenters. The van der Waals surface area contributed by atoms with Crippen molar-refractivity contribution in [2.45, 2.75) is 38.9 Å². The van der Waals surface area contributed by atoms with E-state index in [1.54, 1.807) is 0 Å². The van der Waals surface area contributed by atoms with Gasteiger partial charge in [0.05, 0.1) is 6.61 Å². The van der Waals surface area contributed by atoms with Crippen molar-refractivity contribution in [3.8, 4) is 0 Å². The van der Waals surface area contributed by atoms with Gasteiger partial charge in [-0.15, -0.1) is 0 Å². The summed E-state index contributed by atoms with van der Waals surface area (Å²) < 4.78 is 5.20. The molecule has 0 aromatic rings. The van der Waals surface area contributed by atoms with Crippen LogP contribution in [0.2, 0.25) is 0 Å². The van der Waals surface area contributed by atoms with Gasteiger partial charge in [0.15, 0.2) is 5.79 Å². The fraction of sp³-hybridized carbons (Fsp3) is 1.00. The molecule has 0 aliphatic rings. The van der Waals surface area contributed by atoms with Gasteiger partial charge in [0.1, 0.15) is 0 Å². The second-order valence-corrected chi connectivity index (χ2v) is 2.69. The van der Waals surface area contributed by atoms with Gasteiger partial charge in [-0.1, -0.05) is 20.3 Å². The lowest BCUT2D eigenvalue weighted by Crippen LogP contribution is -2.33. The van der Waals surface area contributed by atoms with Crippen LogP contribution in [0.25, 0.3) is 0 Å². The molecule has 0 spiro atoms. The van der Waals surface area contributed by atoms with Crippen LogP contribution in [0.3, 0.4) is 0 Å². The number of aliphatic hydroxyl groups is 1. The monoisotopic (exact) mass is 161 g/mol. The first kappa shape index (κ1) is 10.9. The van der Waals surface area contributed by atoms with E-state index in [2.05, 4.69) is 0 Å². The highest BCUT2D eigenvalue weighted by Crippen LogP contribution is 2.17. The summed E-state index contributed by atoms with van der Waals surface area (Å²) >= 11 is 0. The van der Waals surface area contributed by atoms with Crippen molar-refractivity contribution in [1.82, 2.24) is 0 Å². The fourth-order valence-corrected chi connectivity index (χ4v) is 0.991. The van der Waals surface area contributed by atoms with Gasteiger partial charge in [-0.05, 0) is 6.42 Å². The van der Waals surface area contributed by atoms with Crippen LogP contribution in [-0.2, 0) is 4.74 Å². The molecule has 0 amide bonds. The first-order valence-electron chi connectivity index (χ1n) is 4.25. The summed E-state index contributed by atoms with van der Waals surface area (Å²) in [4.78, 5) is 0. The van der Waals surface area contributed by atoms with Gasteiger partial charge in [-0.3, -0.25) is 0 Å². The van der Waals surface area contributed by atoms with E-state index in [9.17, 15) is 5.11 Å². The Hall–Kier alpha value is -0.120. The zero-order valence-corrected chi connectivity index (χ0v) is 7.47. The summed E-state index contributed by atoms with van der Waals surface area (Å²) in [5.41, 5.74) is 5.25. The van der Waals surface area contributed by atoms with E-state index in [4.69, 9.17) is 10.5 Å². The lowest BCUT2D eigenvalue weighted by atomic mass is 10.1. The number of rotatable bonds is 6. The molecule has 0 radical (unpaired) electrons. The molecule has 3 nitrogen and oxygen atoms in total. The standard InChI is InChI=1S/C8H19NO2/c1-3-5-8(10,4-2)11-7-6-9/h10H,3-7,9H2,1-2H3. The summed E-state index contributed by atoms with van der Waals surface area (Å²) in [6.45, 7) is 4.83. The predicted octanol–water partition coefficient (Wildman–Crippen LogP) is 0.860. The molecular formula is C8H19NO2. The SMILES string of the molecule is CCCC(O)(CC)OCCN. The topological polar surface area (TPSA) is 55.5 Å². The lowest BCUT2D eigenvalue weighted by molar-refractivity contribution is -0.207. The van der Waals surface area contributed by atoms with Gasteiger partial charge < -0.3 is 15.6 Å². The van der Waals surface area contributed by atoms with Gasteiger partial charge in [0.2, 0.25) is 0 Å². The smallest absolute Gasteiger partial charge is 0.165 e. The van der Waals surface area contributed by atoms with Crippen LogP contribution >= 0.6 is 0 Å². The first-order valence-corrected chi connectivity index (χ1v) is 4.25. The first-order chi connectivity index (χ1) is 5.18. The van der Waals surface area contributed by atoms with Crippen molar-refractivity contribution in [3.63, 3.8) is 0 Å². The molecule has 0 saturated carbocycles. The van der Waals surface area contributed by atoms with Crippen LogP contribution < -0.4 is 5.73 Å². The molecule has 0 fully saturated rings. The Balaban J connectivity index is 3.68. The number of hydrogen-bond donors (Lipinski definition) is 2. The Kier molecular flexibility index (Phi) is 5.46. The third-order valence-electron chi connectivity index (χ3n) is 1.68. The Morgan fingerprint density at radius 3 is 2.45 bits per heavy atom. The average Bonchev–Trinajstić information content (AvgIpc) is 2.02. The average molecular weight is 161 g/mol. The van der Waals surface area contributed by atoms with Crippen LogP contribution in [0.15, 0.2) is 0 Å². The van der Waals surface area contributed by atoms with Crippen molar-refractivity contribution < 1.29 is 9.84 Å². The molecule has 0 aliphatic carbocycles. The van der Waals surface area contributed by atoms with E-state index in [-0.39, 0.29) is 0 Å². The zero-order chi connectivity index (χ0) is 8.74. The molecule has 0 saturated heterocycles. The highest BCUT2D eigenvalue weighted by Gasteiger charge is 2.23. The maximum atomic E-state index is 9.67. The highest BCUT2D eigenvalue weighted by atomic mass is 16.6. The molecule has 0 aliphatic heterocycles. The number of nitrogens with two attached hydrogens (primary N) is 1. The second kappa shape index (κ2) is 5.52. The van der Waals surface area contributed by atoms with Crippen molar-refractivity contribution in [2.24, 2.45) is 5.73 Å². The van der Waals surface area contributed by atoms with Crippen molar-refractivity contribution in [1.29, 1.82) is 0 Å². The molecule has 1 unspecified atom stereocenters. The number of ether oxygens (including phenoxy) is 1. The molecular weight excluding hydrogens is 142 g/mol. The summed E-state index contributed by atoms with van der Waals surface area (Å²) in [7, 11) is 0. The van der Waals surface area contributed by atoms with Crippen LogP contribution in [0.5, 0.6) is 0 Å². The van der Waals surface area contributed by atoms with E-state index in [0.29, 0.717) is 26.0 Å². The third-order valence-corrected chi connectivity index (χ3v) is 1.68. The van der Waals surface area contributed by atoms with Gasteiger partial charge in [0.25, 0.3) is 0 Å². The second-order valence-electron chi connectivity index (χ2n) is 2.69. The van der Waals surface area contributed by atoms with Crippen LogP contribution in [0.4, 0.5) is 0 Å². The Bertz CT molecular complexity index is 98.1.